The van der Waals surface area contributed by atoms with Crippen LogP contribution in [0.25, 0.3) is 0 Å². The summed E-state index contributed by atoms with van der Waals surface area (Å²) in [5, 5.41) is 0. The van der Waals surface area contributed by atoms with Crippen molar-refractivity contribution >= 4 is 0 Å². The van der Waals surface area contributed by atoms with Gasteiger partial charge in [0.2, 0.25) is 0 Å². The molecule has 1 aromatic rings. The van der Waals surface area contributed by atoms with E-state index in [9.17, 15) is 0 Å². The van der Waals surface area contributed by atoms with Crippen LogP contribution in [0.4, 0.5) is 0 Å². The van der Waals surface area contributed by atoms with Crippen molar-refractivity contribution < 1.29 is 0 Å². The molecule has 0 amide bonds. The van der Waals surface area contributed by atoms with E-state index in [1.165, 1.54) is 49.7 Å². The quantitative estimate of drug-likeness (QED) is 0.810. The molecule has 1 heteroatoms. The molecular formula is C18H25N. The Bertz CT molecular complexity index is 516. The Morgan fingerprint density at radius 2 is 1.68 bits per heavy atom. The molecule has 0 spiro atoms. The number of benzene rings is 1. The number of nitrogens with two attached hydrogens (primary N) is 1. The molecule has 4 saturated carbocycles. The van der Waals surface area contributed by atoms with Gasteiger partial charge in [-0.25, -0.2) is 0 Å². The maximum absolute atomic E-state index is 6.71. The zero-order valence-corrected chi connectivity index (χ0v) is 12.2. The second kappa shape index (κ2) is 3.63. The van der Waals surface area contributed by atoms with E-state index in [1.807, 2.05) is 0 Å². The molecule has 4 aliphatic rings. The van der Waals surface area contributed by atoms with E-state index in [0.29, 0.717) is 5.41 Å². The maximum Gasteiger partial charge on any atom is 0.0168 e. The van der Waals surface area contributed by atoms with Gasteiger partial charge in [0.1, 0.15) is 0 Å². The summed E-state index contributed by atoms with van der Waals surface area (Å²) < 4.78 is 0. The van der Waals surface area contributed by atoms with E-state index in [1.54, 1.807) is 5.56 Å². The van der Waals surface area contributed by atoms with Gasteiger partial charge in [-0.2, -0.15) is 0 Å². The summed E-state index contributed by atoms with van der Waals surface area (Å²) in [6, 6.07) is 7.15. The minimum absolute atomic E-state index is 0.156. The van der Waals surface area contributed by atoms with E-state index in [2.05, 4.69) is 32.0 Å². The minimum Gasteiger partial charge on any atom is -0.325 e. The van der Waals surface area contributed by atoms with Crippen LogP contribution in [-0.4, -0.2) is 5.54 Å². The fraction of sp³-hybridized carbons (Fsp3) is 0.667. The molecule has 0 heterocycles. The van der Waals surface area contributed by atoms with Gasteiger partial charge in [0.15, 0.2) is 0 Å². The molecule has 0 aromatic heterocycles. The van der Waals surface area contributed by atoms with Crippen molar-refractivity contribution in [2.45, 2.75) is 63.3 Å². The third-order valence-corrected chi connectivity index (χ3v) is 6.23. The van der Waals surface area contributed by atoms with Crippen molar-refractivity contribution in [2.24, 2.45) is 17.6 Å². The standard InChI is InChI=1S/C18H25N/c1-12-3-4-16(5-13(12)2)17-7-14-6-15(8-17)10-18(19,9-14)11-17/h3-5,14-15H,6-11,19H2,1-2H3. The Balaban J connectivity index is 1.79. The molecule has 2 unspecified atom stereocenters. The summed E-state index contributed by atoms with van der Waals surface area (Å²) in [6.07, 6.45) is 8.04. The van der Waals surface area contributed by atoms with Crippen LogP contribution in [0.1, 0.15) is 55.2 Å². The van der Waals surface area contributed by atoms with Gasteiger partial charge in [0.05, 0.1) is 0 Å². The topological polar surface area (TPSA) is 26.0 Å². The molecule has 0 saturated heterocycles. The zero-order chi connectivity index (χ0) is 13.3. The molecule has 2 N–H and O–H groups in total. The van der Waals surface area contributed by atoms with E-state index in [0.717, 1.165) is 11.8 Å². The Morgan fingerprint density at radius 1 is 1.00 bits per heavy atom. The van der Waals surface area contributed by atoms with Crippen LogP contribution in [0.2, 0.25) is 0 Å². The van der Waals surface area contributed by atoms with Crippen molar-refractivity contribution in [1.82, 2.24) is 0 Å². The van der Waals surface area contributed by atoms with Crippen LogP contribution < -0.4 is 5.73 Å². The van der Waals surface area contributed by atoms with Gasteiger partial charge in [0.25, 0.3) is 0 Å². The van der Waals surface area contributed by atoms with Crippen molar-refractivity contribution in [1.29, 1.82) is 0 Å². The monoisotopic (exact) mass is 255 g/mol. The van der Waals surface area contributed by atoms with E-state index >= 15 is 0 Å². The first kappa shape index (κ1) is 12.0. The first-order chi connectivity index (χ1) is 8.98. The van der Waals surface area contributed by atoms with Crippen LogP contribution in [0.3, 0.4) is 0 Å². The third-order valence-electron chi connectivity index (χ3n) is 6.23. The van der Waals surface area contributed by atoms with Crippen molar-refractivity contribution in [3.8, 4) is 0 Å². The van der Waals surface area contributed by atoms with Crippen LogP contribution in [0.15, 0.2) is 18.2 Å². The molecule has 5 rings (SSSR count). The van der Waals surface area contributed by atoms with E-state index in [-0.39, 0.29) is 5.54 Å². The van der Waals surface area contributed by atoms with Crippen LogP contribution in [-0.2, 0) is 5.41 Å². The highest BCUT2D eigenvalue weighted by molar-refractivity contribution is 5.37. The van der Waals surface area contributed by atoms with Crippen molar-refractivity contribution in [3.63, 3.8) is 0 Å². The third kappa shape index (κ3) is 1.71. The highest BCUT2D eigenvalue weighted by Gasteiger charge is 2.56. The molecule has 4 bridgehead atoms. The van der Waals surface area contributed by atoms with Crippen LogP contribution >= 0.6 is 0 Å². The number of hydrogen-bond donors (Lipinski definition) is 1. The van der Waals surface area contributed by atoms with Crippen LogP contribution in [0, 0.1) is 25.7 Å². The predicted molar refractivity (Wildman–Crippen MR) is 79.2 cm³/mol. The number of rotatable bonds is 1. The molecule has 19 heavy (non-hydrogen) atoms. The molecule has 0 radical (unpaired) electrons. The molecule has 4 aliphatic carbocycles. The SMILES string of the molecule is Cc1ccc(C23CC4CC(CC(N)(C4)C2)C3)cc1C. The van der Waals surface area contributed by atoms with Crippen molar-refractivity contribution in [3.05, 3.63) is 34.9 Å². The molecular weight excluding hydrogens is 230 g/mol. The Labute approximate surface area is 116 Å². The van der Waals surface area contributed by atoms with Gasteiger partial charge in [-0.15, -0.1) is 0 Å². The van der Waals surface area contributed by atoms with Gasteiger partial charge in [-0.1, -0.05) is 18.2 Å². The van der Waals surface area contributed by atoms with Crippen LogP contribution in [0.5, 0.6) is 0 Å². The summed E-state index contributed by atoms with van der Waals surface area (Å²) in [4.78, 5) is 0. The summed E-state index contributed by atoms with van der Waals surface area (Å²) in [5.74, 6) is 1.79. The highest BCUT2D eigenvalue weighted by Crippen LogP contribution is 2.61. The lowest BCUT2D eigenvalue weighted by molar-refractivity contribution is -0.0227. The number of hydrogen-bond acceptors (Lipinski definition) is 1. The predicted octanol–water partition coefficient (Wildman–Crippen LogP) is 3.85. The van der Waals surface area contributed by atoms with Crippen molar-refractivity contribution in [2.75, 3.05) is 0 Å². The van der Waals surface area contributed by atoms with Gasteiger partial charge >= 0.3 is 0 Å². The molecule has 2 atom stereocenters. The number of aryl methyl sites for hydroxylation is 2. The molecule has 1 aromatic carbocycles. The molecule has 102 valence electrons. The normalized spacial score (nSPS) is 43.7. The second-order valence-electron chi connectivity index (χ2n) is 7.90. The van der Waals surface area contributed by atoms with Gasteiger partial charge < -0.3 is 5.73 Å². The molecule has 4 fully saturated rings. The summed E-state index contributed by atoms with van der Waals surface area (Å²) in [5.41, 5.74) is 11.7. The lowest BCUT2D eigenvalue weighted by Crippen LogP contribution is -2.61. The fourth-order valence-corrected chi connectivity index (χ4v) is 5.74. The summed E-state index contributed by atoms with van der Waals surface area (Å²) >= 11 is 0. The summed E-state index contributed by atoms with van der Waals surface area (Å²) in [7, 11) is 0. The fourth-order valence-electron chi connectivity index (χ4n) is 5.74. The van der Waals surface area contributed by atoms with Gasteiger partial charge in [0, 0.05) is 5.54 Å². The zero-order valence-electron chi connectivity index (χ0n) is 12.2. The molecule has 0 aliphatic heterocycles. The first-order valence-electron chi connectivity index (χ1n) is 7.85. The smallest absolute Gasteiger partial charge is 0.0168 e. The first-order valence-corrected chi connectivity index (χ1v) is 7.85. The van der Waals surface area contributed by atoms with E-state index in [4.69, 9.17) is 5.73 Å². The lowest BCUT2D eigenvalue weighted by atomic mass is 9.45. The lowest BCUT2D eigenvalue weighted by Gasteiger charge is -2.61. The average molecular weight is 255 g/mol. The largest absolute Gasteiger partial charge is 0.325 e. The second-order valence-corrected chi connectivity index (χ2v) is 7.90. The highest BCUT2D eigenvalue weighted by atomic mass is 14.8. The Morgan fingerprint density at radius 3 is 2.26 bits per heavy atom. The van der Waals surface area contributed by atoms with Gasteiger partial charge in [-0.3, -0.25) is 0 Å². The maximum atomic E-state index is 6.71. The molecule has 1 nitrogen and oxygen atoms in total. The Hall–Kier alpha value is -0.820. The Kier molecular flexibility index (Phi) is 2.29. The minimum atomic E-state index is 0.156. The van der Waals surface area contributed by atoms with Gasteiger partial charge in [-0.05, 0) is 86.3 Å². The van der Waals surface area contributed by atoms with E-state index < -0.39 is 0 Å². The average Bonchev–Trinajstić information content (AvgIpc) is 2.29. The summed E-state index contributed by atoms with van der Waals surface area (Å²) in [6.45, 7) is 4.46.